The van der Waals surface area contributed by atoms with Crippen LogP contribution in [-0.4, -0.2) is 29.5 Å². The van der Waals surface area contributed by atoms with E-state index in [2.05, 4.69) is 17.8 Å². The number of hydrogen-bond acceptors (Lipinski definition) is 4. The minimum atomic E-state index is -0.975. The highest BCUT2D eigenvalue weighted by atomic mass is 16.5. The molecule has 7 heteroatoms. The number of aliphatic carboxylic acids is 1. The van der Waals surface area contributed by atoms with Gasteiger partial charge in [-0.15, -0.1) is 0 Å². The summed E-state index contributed by atoms with van der Waals surface area (Å²) >= 11 is 0. The molecule has 144 valence electrons. The fourth-order valence-electron chi connectivity index (χ4n) is 3.83. The average Bonchev–Trinajstić information content (AvgIpc) is 3.28. The molecule has 1 aromatic rings. The smallest absolute Gasteiger partial charge is 0.307 e. The van der Waals surface area contributed by atoms with E-state index in [1.165, 1.54) is 0 Å². The summed E-state index contributed by atoms with van der Waals surface area (Å²) in [5.74, 6) is -2.82. The Kier molecular flexibility index (Phi) is 5.78. The molecule has 1 aromatic carbocycles. The minimum absolute atomic E-state index is 0.0902. The molecule has 0 heterocycles. The summed E-state index contributed by atoms with van der Waals surface area (Å²) < 4.78 is 5.55. The predicted octanol–water partition coefficient (Wildman–Crippen LogP) is 2.15. The quantitative estimate of drug-likeness (QED) is 0.386. The van der Waals surface area contributed by atoms with Crippen LogP contribution in [0.2, 0.25) is 0 Å². The highest BCUT2D eigenvalue weighted by Crippen LogP contribution is 2.48. The number of carboxylic acid groups (broad SMARTS) is 1. The zero-order valence-corrected chi connectivity index (χ0v) is 15.2. The van der Waals surface area contributed by atoms with Gasteiger partial charge < -0.3 is 9.84 Å². The number of rotatable bonds is 7. The monoisotopic (exact) mass is 372 g/mol. The Morgan fingerprint density at radius 2 is 1.74 bits per heavy atom. The lowest BCUT2D eigenvalue weighted by Crippen LogP contribution is -2.48. The molecule has 27 heavy (non-hydrogen) atoms. The van der Waals surface area contributed by atoms with Crippen molar-refractivity contribution in [3.05, 3.63) is 42.0 Å². The van der Waals surface area contributed by atoms with Gasteiger partial charge in [-0.25, -0.2) is 0 Å². The molecule has 4 atom stereocenters. The van der Waals surface area contributed by atoms with Crippen molar-refractivity contribution < 1.29 is 24.2 Å². The number of unbranched alkanes of at least 4 members (excludes halogenated alkanes) is 1. The summed E-state index contributed by atoms with van der Waals surface area (Å²) in [5, 5.41) is 9.40. The van der Waals surface area contributed by atoms with Gasteiger partial charge in [0.15, 0.2) is 0 Å². The number of carbonyl (C=O) groups is 3. The van der Waals surface area contributed by atoms with Crippen molar-refractivity contribution >= 4 is 17.8 Å². The zero-order valence-electron chi connectivity index (χ0n) is 15.2. The molecule has 7 nitrogen and oxygen atoms in total. The van der Waals surface area contributed by atoms with E-state index in [-0.39, 0.29) is 11.8 Å². The van der Waals surface area contributed by atoms with Crippen molar-refractivity contribution in [1.82, 2.24) is 10.9 Å². The van der Waals surface area contributed by atoms with Crippen LogP contribution in [0.15, 0.2) is 36.4 Å². The molecule has 2 aliphatic carbocycles. The number of hydrogen-bond donors (Lipinski definition) is 3. The second-order valence-electron chi connectivity index (χ2n) is 7.01. The van der Waals surface area contributed by atoms with Crippen molar-refractivity contribution in [1.29, 1.82) is 0 Å². The zero-order chi connectivity index (χ0) is 19.4. The fraction of sp³-hybridized carbons (Fsp3) is 0.450. The first-order valence-corrected chi connectivity index (χ1v) is 9.25. The van der Waals surface area contributed by atoms with E-state index in [0.29, 0.717) is 24.3 Å². The molecule has 3 N–H and O–H groups in total. The van der Waals surface area contributed by atoms with Crippen molar-refractivity contribution in [3.8, 4) is 5.75 Å². The van der Waals surface area contributed by atoms with E-state index in [0.717, 1.165) is 12.8 Å². The Bertz CT molecular complexity index is 743. The predicted molar refractivity (Wildman–Crippen MR) is 97.8 cm³/mol. The number of amides is 2. The number of allylic oxidation sites excluding steroid dienone is 2. The van der Waals surface area contributed by atoms with Crippen molar-refractivity contribution in [2.75, 3.05) is 6.61 Å². The number of ether oxygens (including phenoxy) is 1. The van der Waals surface area contributed by atoms with Crippen molar-refractivity contribution in [2.45, 2.75) is 26.2 Å². The van der Waals surface area contributed by atoms with E-state index >= 15 is 0 Å². The Hall–Kier alpha value is -2.83. The molecule has 1 fully saturated rings. The molecule has 0 spiro atoms. The molecule has 2 bridgehead atoms. The lowest BCUT2D eigenvalue weighted by molar-refractivity contribution is -0.148. The van der Waals surface area contributed by atoms with Crippen LogP contribution < -0.4 is 15.6 Å². The first-order valence-electron chi connectivity index (χ1n) is 9.25. The molecule has 2 aliphatic rings. The van der Waals surface area contributed by atoms with Gasteiger partial charge in [0.2, 0.25) is 5.91 Å². The van der Waals surface area contributed by atoms with Crippen molar-refractivity contribution in [3.63, 3.8) is 0 Å². The van der Waals surface area contributed by atoms with Crippen LogP contribution in [0, 0.1) is 23.7 Å². The topological polar surface area (TPSA) is 105 Å². The minimum Gasteiger partial charge on any atom is -0.494 e. The number of carboxylic acids is 1. The van der Waals surface area contributed by atoms with Crippen LogP contribution in [0.4, 0.5) is 0 Å². The molecule has 1 saturated carbocycles. The second kappa shape index (κ2) is 8.24. The van der Waals surface area contributed by atoms with Crippen LogP contribution in [0.1, 0.15) is 36.5 Å². The lowest BCUT2D eigenvalue weighted by atomic mass is 9.82. The Labute approximate surface area is 157 Å². The Morgan fingerprint density at radius 1 is 1.07 bits per heavy atom. The summed E-state index contributed by atoms with van der Waals surface area (Å²) in [6, 6.07) is 6.63. The summed E-state index contributed by atoms with van der Waals surface area (Å²) in [5.41, 5.74) is 5.13. The van der Waals surface area contributed by atoms with Gasteiger partial charge in [0, 0.05) is 5.56 Å². The van der Waals surface area contributed by atoms with Crippen LogP contribution in [-0.2, 0) is 9.59 Å². The normalized spacial score (nSPS) is 25.2. The van der Waals surface area contributed by atoms with Gasteiger partial charge in [0.05, 0.1) is 18.4 Å². The third-order valence-corrected chi connectivity index (χ3v) is 5.23. The van der Waals surface area contributed by atoms with E-state index in [9.17, 15) is 19.5 Å². The maximum atomic E-state index is 12.4. The molecule has 0 radical (unpaired) electrons. The van der Waals surface area contributed by atoms with Gasteiger partial charge in [0.25, 0.3) is 5.91 Å². The largest absolute Gasteiger partial charge is 0.494 e. The van der Waals surface area contributed by atoms with Gasteiger partial charge >= 0.3 is 5.97 Å². The summed E-state index contributed by atoms with van der Waals surface area (Å²) in [6.07, 6.45) is 6.44. The average molecular weight is 372 g/mol. The van der Waals surface area contributed by atoms with Gasteiger partial charge in [-0.2, -0.15) is 0 Å². The first-order chi connectivity index (χ1) is 13.0. The standard InChI is InChI=1S/C20H24N2O5/c1-2-3-10-27-15-8-6-12(7-9-15)18(23)21-22-19(24)16-13-4-5-14(11-13)17(16)20(25)26/h4-9,13-14,16-17H,2-3,10-11H2,1H3,(H,21,23)(H,22,24)(H,25,26)/t13-,14-,16+,17-/m0/s1. The Balaban J connectivity index is 1.53. The van der Waals surface area contributed by atoms with Gasteiger partial charge in [0.1, 0.15) is 5.75 Å². The third kappa shape index (κ3) is 4.13. The van der Waals surface area contributed by atoms with Gasteiger partial charge in [-0.3, -0.25) is 25.2 Å². The number of nitrogens with one attached hydrogen (secondary N) is 2. The molecule has 3 rings (SSSR count). The maximum Gasteiger partial charge on any atom is 0.307 e. The molecular weight excluding hydrogens is 348 g/mol. The molecular formula is C20H24N2O5. The molecule has 0 aliphatic heterocycles. The third-order valence-electron chi connectivity index (χ3n) is 5.23. The number of carbonyl (C=O) groups excluding carboxylic acids is 2. The lowest BCUT2D eigenvalue weighted by Gasteiger charge is -2.23. The Morgan fingerprint density at radius 3 is 2.37 bits per heavy atom. The number of fused-ring (bicyclic) bond motifs is 2. The van der Waals surface area contributed by atoms with Gasteiger partial charge in [-0.1, -0.05) is 25.5 Å². The molecule has 0 unspecified atom stereocenters. The summed E-state index contributed by atoms with van der Waals surface area (Å²) in [7, 11) is 0. The van der Waals surface area contributed by atoms with E-state index < -0.39 is 29.6 Å². The van der Waals surface area contributed by atoms with Gasteiger partial charge in [-0.05, 0) is 48.9 Å². The fourth-order valence-corrected chi connectivity index (χ4v) is 3.83. The van der Waals surface area contributed by atoms with Crippen LogP contribution in [0.25, 0.3) is 0 Å². The van der Waals surface area contributed by atoms with E-state index in [1.807, 2.05) is 12.2 Å². The summed E-state index contributed by atoms with van der Waals surface area (Å²) in [6.45, 7) is 2.71. The van der Waals surface area contributed by atoms with E-state index in [4.69, 9.17) is 4.74 Å². The number of benzene rings is 1. The SMILES string of the molecule is CCCCOc1ccc(C(=O)NNC(=O)[C@H]2[C@@H](C(=O)O)[C@H]3C=C[C@H]2C3)cc1. The first kappa shape index (κ1) is 18.9. The highest BCUT2D eigenvalue weighted by Gasteiger charge is 2.51. The highest BCUT2D eigenvalue weighted by molar-refractivity contribution is 5.96. The van der Waals surface area contributed by atoms with Crippen molar-refractivity contribution in [2.24, 2.45) is 23.7 Å². The van der Waals surface area contributed by atoms with Crippen LogP contribution in [0.5, 0.6) is 5.75 Å². The summed E-state index contributed by atoms with van der Waals surface area (Å²) in [4.78, 5) is 36.1. The molecule has 0 aromatic heterocycles. The van der Waals surface area contributed by atoms with Crippen LogP contribution in [0.3, 0.4) is 0 Å². The molecule has 2 amide bonds. The second-order valence-corrected chi connectivity index (χ2v) is 7.01. The maximum absolute atomic E-state index is 12.4. The van der Waals surface area contributed by atoms with E-state index in [1.54, 1.807) is 24.3 Å². The molecule has 0 saturated heterocycles. The number of hydrazine groups is 1. The van der Waals surface area contributed by atoms with Crippen LogP contribution >= 0.6 is 0 Å².